The highest BCUT2D eigenvalue weighted by Gasteiger charge is 2.12. The van der Waals surface area contributed by atoms with E-state index >= 15 is 0 Å². The number of anilines is 1. The standard InChI is InChI=1S/C29H22Cl2N2O3/c1-2-35-28-15-19(13-23(17-32)29(34)33-24-10-11-25(30)26(31)16-24)8-12-27(28)36-18-20-7-9-21-5-3-4-6-22(21)14-20/h3-16H,2,18H2,1H3,(H,33,34)/b23-13+. The molecule has 7 heteroatoms. The highest BCUT2D eigenvalue weighted by molar-refractivity contribution is 6.42. The van der Waals surface area contributed by atoms with Gasteiger partial charge >= 0.3 is 0 Å². The molecule has 4 rings (SSSR count). The van der Waals surface area contributed by atoms with E-state index < -0.39 is 5.91 Å². The number of nitrogens with one attached hydrogen (secondary N) is 1. The number of fused-ring (bicyclic) bond motifs is 1. The molecule has 0 saturated carbocycles. The van der Waals surface area contributed by atoms with Crippen LogP contribution in [0.5, 0.6) is 11.5 Å². The van der Waals surface area contributed by atoms with Crippen LogP contribution in [0, 0.1) is 11.3 Å². The van der Waals surface area contributed by atoms with E-state index in [1.165, 1.54) is 17.5 Å². The van der Waals surface area contributed by atoms with E-state index in [-0.39, 0.29) is 5.57 Å². The summed E-state index contributed by atoms with van der Waals surface area (Å²) in [5.41, 5.74) is 2.01. The van der Waals surface area contributed by atoms with Gasteiger partial charge in [-0.2, -0.15) is 5.26 Å². The molecule has 4 aromatic carbocycles. The number of amides is 1. The van der Waals surface area contributed by atoms with E-state index in [9.17, 15) is 10.1 Å². The molecule has 0 aliphatic rings. The second kappa shape index (κ2) is 11.6. The predicted molar refractivity (Wildman–Crippen MR) is 145 cm³/mol. The minimum atomic E-state index is -0.564. The van der Waals surface area contributed by atoms with E-state index in [4.69, 9.17) is 32.7 Å². The van der Waals surface area contributed by atoms with Crippen LogP contribution in [0.15, 0.2) is 84.4 Å². The van der Waals surface area contributed by atoms with Crippen molar-refractivity contribution in [2.24, 2.45) is 0 Å². The maximum atomic E-state index is 12.6. The van der Waals surface area contributed by atoms with Crippen LogP contribution in [0.1, 0.15) is 18.1 Å². The molecule has 0 saturated heterocycles. The number of rotatable bonds is 8. The van der Waals surface area contributed by atoms with Crippen molar-refractivity contribution >= 4 is 51.6 Å². The van der Waals surface area contributed by atoms with Crippen molar-refractivity contribution in [2.45, 2.75) is 13.5 Å². The number of benzene rings is 4. The Bertz CT molecular complexity index is 1490. The molecule has 0 unspecified atom stereocenters. The monoisotopic (exact) mass is 516 g/mol. The van der Waals surface area contributed by atoms with E-state index in [1.54, 1.807) is 30.3 Å². The Morgan fingerprint density at radius 1 is 0.917 bits per heavy atom. The van der Waals surface area contributed by atoms with Crippen LogP contribution in [0.25, 0.3) is 16.8 Å². The molecule has 0 heterocycles. The molecule has 1 amide bonds. The van der Waals surface area contributed by atoms with Crippen LogP contribution >= 0.6 is 23.2 Å². The normalized spacial score (nSPS) is 11.1. The van der Waals surface area contributed by atoms with E-state index in [0.29, 0.717) is 46.0 Å². The highest BCUT2D eigenvalue weighted by Crippen LogP contribution is 2.31. The molecule has 0 radical (unpaired) electrons. The number of carbonyl (C=O) groups excluding carboxylic acids is 1. The summed E-state index contributed by atoms with van der Waals surface area (Å²) in [7, 11) is 0. The summed E-state index contributed by atoms with van der Waals surface area (Å²) in [5, 5.41) is 15.2. The molecule has 0 spiro atoms. The molecule has 0 aliphatic carbocycles. The zero-order chi connectivity index (χ0) is 25.5. The second-order valence-electron chi connectivity index (χ2n) is 7.86. The molecule has 36 heavy (non-hydrogen) atoms. The first-order chi connectivity index (χ1) is 17.5. The molecule has 0 aliphatic heterocycles. The van der Waals surface area contributed by atoms with Crippen molar-refractivity contribution in [1.29, 1.82) is 5.26 Å². The number of halogens is 2. The molecular weight excluding hydrogens is 495 g/mol. The van der Waals surface area contributed by atoms with Gasteiger partial charge in [0.1, 0.15) is 18.2 Å². The lowest BCUT2D eigenvalue weighted by Gasteiger charge is -2.13. The number of nitrogens with zero attached hydrogens (tertiary/aromatic N) is 1. The number of ether oxygens (including phenoxy) is 2. The molecule has 0 aromatic heterocycles. The van der Waals surface area contributed by atoms with Gasteiger partial charge < -0.3 is 14.8 Å². The van der Waals surface area contributed by atoms with E-state index in [2.05, 4.69) is 29.6 Å². The zero-order valence-electron chi connectivity index (χ0n) is 19.4. The molecule has 5 nitrogen and oxygen atoms in total. The molecular formula is C29H22Cl2N2O3. The number of nitriles is 1. The van der Waals surface area contributed by atoms with Crippen LogP contribution in [-0.4, -0.2) is 12.5 Å². The third-order valence-corrected chi connectivity index (χ3v) is 6.07. The third kappa shape index (κ3) is 6.17. The van der Waals surface area contributed by atoms with Crippen molar-refractivity contribution in [2.75, 3.05) is 11.9 Å². The van der Waals surface area contributed by atoms with Gasteiger partial charge in [-0.1, -0.05) is 65.7 Å². The first-order valence-electron chi connectivity index (χ1n) is 11.2. The summed E-state index contributed by atoms with van der Waals surface area (Å²) in [5.74, 6) is 0.528. The maximum Gasteiger partial charge on any atom is 0.266 e. The lowest BCUT2D eigenvalue weighted by molar-refractivity contribution is -0.112. The second-order valence-corrected chi connectivity index (χ2v) is 8.68. The largest absolute Gasteiger partial charge is 0.490 e. The smallest absolute Gasteiger partial charge is 0.266 e. The number of hydrogen-bond acceptors (Lipinski definition) is 4. The topological polar surface area (TPSA) is 71.3 Å². The van der Waals surface area contributed by atoms with Gasteiger partial charge in [0, 0.05) is 5.69 Å². The van der Waals surface area contributed by atoms with Crippen LogP contribution in [0.4, 0.5) is 5.69 Å². The average molecular weight is 517 g/mol. The number of carbonyl (C=O) groups is 1. The summed E-state index contributed by atoms with van der Waals surface area (Å²) >= 11 is 11.9. The molecule has 1 N–H and O–H groups in total. The maximum absolute atomic E-state index is 12.6. The van der Waals surface area contributed by atoms with Crippen molar-refractivity contribution in [3.8, 4) is 17.6 Å². The van der Waals surface area contributed by atoms with Gasteiger partial charge in [0.2, 0.25) is 0 Å². The fourth-order valence-corrected chi connectivity index (χ4v) is 3.88. The van der Waals surface area contributed by atoms with Crippen LogP contribution in [0.3, 0.4) is 0 Å². The molecule has 180 valence electrons. The molecule has 0 fully saturated rings. The molecule has 0 bridgehead atoms. The Hall–Kier alpha value is -3.98. The lowest BCUT2D eigenvalue weighted by atomic mass is 10.1. The summed E-state index contributed by atoms with van der Waals surface area (Å²) in [6, 6.07) is 26.3. The van der Waals surface area contributed by atoms with Crippen LogP contribution in [0.2, 0.25) is 10.0 Å². The summed E-state index contributed by atoms with van der Waals surface area (Å²) in [6.07, 6.45) is 1.49. The quantitative estimate of drug-likeness (QED) is 0.192. The fourth-order valence-electron chi connectivity index (χ4n) is 3.58. The van der Waals surface area contributed by atoms with Gasteiger partial charge in [-0.15, -0.1) is 0 Å². The summed E-state index contributed by atoms with van der Waals surface area (Å²) in [4.78, 5) is 12.6. The molecule has 0 atom stereocenters. The Balaban J connectivity index is 1.51. The minimum absolute atomic E-state index is 0.0756. The lowest BCUT2D eigenvalue weighted by Crippen LogP contribution is -2.13. The minimum Gasteiger partial charge on any atom is -0.490 e. The zero-order valence-corrected chi connectivity index (χ0v) is 20.9. The molecule has 4 aromatic rings. The Kier molecular flexibility index (Phi) is 8.12. The van der Waals surface area contributed by atoms with Gasteiger partial charge in [0.25, 0.3) is 5.91 Å². The Morgan fingerprint density at radius 2 is 1.72 bits per heavy atom. The van der Waals surface area contributed by atoms with Crippen LogP contribution < -0.4 is 14.8 Å². The SMILES string of the molecule is CCOc1cc(/C=C(\C#N)C(=O)Nc2ccc(Cl)c(Cl)c2)ccc1OCc1ccc2ccccc2c1. The van der Waals surface area contributed by atoms with Gasteiger partial charge in [-0.3, -0.25) is 4.79 Å². The van der Waals surface area contributed by atoms with E-state index in [0.717, 1.165) is 10.9 Å². The summed E-state index contributed by atoms with van der Waals surface area (Å²) < 4.78 is 11.8. The van der Waals surface area contributed by atoms with E-state index in [1.807, 2.05) is 31.2 Å². The summed E-state index contributed by atoms with van der Waals surface area (Å²) in [6.45, 7) is 2.68. The van der Waals surface area contributed by atoms with Crippen molar-refractivity contribution < 1.29 is 14.3 Å². The Morgan fingerprint density at radius 3 is 2.47 bits per heavy atom. The van der Waals surface area contributed by atoms with Crippen LogP contribution in [-0.2, 0) is 11.4 Å². The third-order valence-electron chi connectivity index (χ3n) is 5.33. The Labute approximate surface area is 219 Å². The first-order valence-corrected chi connectivity index (χ1v) is 12.0. The average Bonchev–Trinajstić information content (AvgIpc) is 2.89. The highest BCUT2D eigenvalue weighted by atomic mass is 35.5. The van der Waals surface area contributed by atoms with Gasteiger partial charge in [0.15, 0.2) is 11.5 Å². The van der Waals surface area contributed by atoms with Crippen molar-refractivity contribution in [1.82, 2.24) is 0 Å². The fraction of sp³-hybridized carbons (Fsp3) is 0.103. The van der Waals surface area contributed by atoms with Gasteiger partial charge in [-0.05, 0) is 71.3 Å². The van der Waals surface area contributed by atoms with Gasteiger partial charge in [0.05, 0.1) is 16.7 Å². The predicted octanol–water partition coefficient (Wildman–Crippen LogP) is 7.67. The number of hydrogen-bond donors (Lipinski definition) is 1. The first kappa shape index (κ1) is 25.1. The van der Waals surface area contributed by atoms with Crippen molar-refractivity contribution in [3.63, 3.8) is 0 Å². The van der Waals surface area contributed by atoms with Crippen molar-refractivity contribution in [3.05, 3.63) is 106 Å². The van der Waals surface area contributed by atoms with Gasteiger partial charge in [-0.25, -0.2) is 0 Å².